The van der Waals surface area contributed by atoms with Crippen LogP contribution in [0.3, 0.4) is 0 Å². The lowest BCUT2D eigenvalue weighted by molar-refractivity contribution is -0.384. The number of pyridine rings is 1. The maximum Gasteiger partial charge on any atom is 0.404 e. The topological polar surface area (TPSA) is 163 Å². The third-order valence-corrected chi connectivity index (χ3v) is 7.87. The number of nitrogens with two attached hydrogens (primary N) is 1. The second-order valence-corrected chi connectivity index (χ2v) is 11.6. The largest absolute Gasteiger partial charge is 0.445 e. The Bertz CT molecular complexity index is 1430. The molecule has 36 heavy (non-hydrogen) atoms. The number of nitro groups is 1. The van der Waals surface area contributed by atoms with Crippen LogP contribution in [0.5, 0.6) is 0 Å². The molecule has 0 spiro atoms. The van der Waals surface area contributed by atoms with E-state index < -0.39 is 32.6 Å². The molecule has 3 aromatic rings. The minimum atomic E-state index is -4.00. The summed E-state index contributed by atoms with van der Waals surface area (Å²) >= 11 is 0. The minimum Gasteiger partial charge on any atom is -0.445 e. The summed E-state index contributed by atoms with van der Waals surface area (Å²) in [6, 6.07) is 7.48. The smallest absolute Gasteiger partial charge is 0.404 e. The van der Waals surface area contributed by atoms with Gasteiger partial charge in [-0.3, -0.25) is 10.1 Å². The van der Waals surface area contributed by atoms with E-state index >= 15 is 0 Å². The van der Waals surface area contributed by atoms with E-state index in [1.807, 2.05) is 27.7 Å². The number of nitrogens with zero attached hydrogens (tertiary/aromatic N) is 4. The first-order valence-electron chi connectivity index (χ1n) is 11.3. The van der Waals surface area contributed by atoms with Gasteiger partial charge >= 0.3 is 11.8 Å². The fourth-order valence-corrected chi connectivity index (χ4v) is 5.96. The quantitative estimate of drug-likeness (QED) is 0.369. The Morgan fingerprint density at radius 3 is 2.50 bits per heavy atom. The highest BCUT2D eigenvalue weighted by Crippen LogP contribution is 2.39. The SMILES string of the molecule is Cc1ccc(S(=O)(=O)n2ccc3c(NN4CCC(OC(N)=O)C4C(C)(C)C)c([N+](=O)[O-])cnc32)cc1. The van der Waals surface area contributed by atoms with Crippen LogP contribution in [-0.4, -0.2) is 52.1 Å². The van der Waals surface area contributed by atoms with Crippen molar-refractivity contribution in [2.45, 2.75) is 51.2 Å². The van der Waals surface area contributed by atoms with Crippen molar-refractivity contribution in [2.75, 3.05) is 12.0 Å². The monoisotopic (exact) mass is 516 g/mol. The molecule has 1 aliphatic rings. The molecule has 1 aromatic carbocycles. The van der Waals surface area contributed by atoms with Gasteiger partial charge in [0.05, 0.1) is 21.2 Å². The predicted octanol–water partition coefficient (Wildman–Crippen LogP) is 3.40. The molecular weight excluding hydrogens is 488 g/mol. The second-order valence-electron chi connectivity index (χ2n) is 9.82. The zero-order valence-electron chi connectivity index (χ0n) is 20.3. The summed E-state index contributed by atoms with van der Waals surface area (Å²) < 4.78 is 33.0. The molecule has 1 aliphatic heterocycles. The Morgan fingerprint density at radius 2 is 1.92 bits per heavy atom. The summed E-state index contributed by atoms with van der Waals surface area (Å²) in [5, 5.41) is 13.9. The molecule has 1 amide bonds. The molecule has 12 nitrogen and oxygen atoms in total. The van der Waals surface area contributed by atoms with Crippen LogP contribution in [0, 0.1) is 22.5 Å². The minimum absolute atomic E-state index is 0.0418. The number of hydrogen-bond acceptors (Lipinski definition) is 9. The molecule has 1 fully saturated rings. The van der Waals surface area contributed by atoms with Crippen molar-refractivity contribution < 1.29 is 22.9 Å². The molecule has 0 bridgehead atoms. The standard InChI is InChI=1S/C23H28N6O6S/c1-14-5-7-15(8-6-14)36(33,34)28-12-9-16-19(17(29(31)32)13-25-21(16)28)26-27-11-10-18(35-22(24)30)20(27)23(2,3)4/h5-9,12-13,18,20H,10-11H2,1-4H3,(H2,24,30)(H,25,26). The number of hydrazine groups is 1. The number of anilines is 1. The first-order chi connectivity index (χ1) is 16.8. The van der Waals surface area contributed by atoms with Gasteiger partial charge in [0.15, 0.2) is 5.65 Å². The number of primary amides is 1. The Balaban J connectivity index is 1.80. The van der Waals surface area contributed by atoms with Crippen molar-refractivity contribution in [1.82, 2.24) is 14.0 Å². The first-order valence-corrected chi connectivity index (χ1v) is 12.7. The van der Waals surface area contributed by atoms with Crippen LogP contribution in [0.1, 0.15) is 32.8 Å². The Hall–Kier alpha value is -3.71. The number of fused-ring (bicyclic) bond motifs is 1. The maximum absolute atomic E-state index is 13.3. The van der Waals surface area contributed by atoms with Crippen LogP contribution in [0.2, 0.25) is 0 Å². The number of rotatable bonds is 6. The maximum atomic E-state index is 13.3. The molecular formula is C23H28N6O6S. The number of carbonyl (C=O) groups is 1. The van der Waals surface area contributed by atoms with E-state index in [0.717, 1.165) is 15.7 Å². The highest BCUT2D eigenvalue weighted by Gasteiger charge is 2.44. The lowest BCUT2D eigenvalue weighted by atomic mass is 9.84. The number of nitrogens with one attached hydrogen (secondary N) is 1. The van der Waals surface area contributed by atoms with Gasteiger partial charge in [0.25, 0.3) is 10.0 Å². The molecule has 2 unspecified atom stereocenters. The molecule has 4 rings (SSSR count). The van der Waals surface area contributed by atoms with Gasteiger partial charge in [0.2, 0.25) is 0 Å². The van der Waals surface area contributed by atoms with E-state index in [2.05, 4.69) is 10.4 Å². The number of benzene rings is 1. The average Bonchev–Trinajstić information content (AvgIpc) is 3.38. The fraction of sp³-hybridized carbons (Fsp3) is 0.391. The number of ether oxygens (including phenoxy) is 1. The summed E-state index contributed by atoms with van der Waals surface area (Å²) in [5.41, 5.74) is 8.70. The summed E-state index contributed by atoms with van der Waals surface area (Å²) in [5.74, 6) is 0. The average molecular weight is 517 g/mol. The van der Waals surface area contributed by atoms with Gasteiger partial charge in [-0.1, -0.05) is 38.5 Å². The molecule has 2 atom stereocenters. The molecule has 13 heteroatoms. The van der Waals surface area contributed by atoms with Gasteiger partial charge in [-0.2, -0.15) is 0 Å². The molecule has 0 saturated carbocycles. The highest BCUT2D eigenvalue weighted by atomic mass is 32.2. The van der Waals surface area contributed by atoms with Gasteiger partial charge in [0, 0.05) is 19.2 Å². The molecule has 2 aromatic heterocycles. The molecule has 3 N–H and O–H groups in total. The van der Waals surface area contributed by atoms with Crippen molar-refractivity contribution in [3.63, 3.8) is 0 Å². The lowest BCUT2D eigenvalue weighted by Gasteiger charge is -2.37. The molecule has 0 radical (unpaired) electrons. The lowest BCUT2D eigenvalue weighted by Crippen LogP contribution is -2.49. The third kappa shape index (κ3) is 4.58. The Morgan fingerprint density at radius 1 is 1.25 bits per heavy atom. The van der Waals surface area contributed by atoms with Gasteiger partial charge in [-0.25, -0.2) is 27.2 Å². The van der Waals surface area contributed by atoms with Crippen LogP contribution in [0.4, 0.5) is 16.2 Å². The zero-order chi connectivity index (χ0) is 26.4. The molecule has 3 heterocycles. The Labute approximate surface area is 208 Å². The van der Waals surface area contributed by atoms with E-state index in [4.69, 9.17) is 10.5 Å². The van der Waals surface area contributed by atoms with Crippen molar-refractivity contribution in [2.24, 2.45) is 11.1 Å². The van der Waals surface area contributed by atoms with E-state index in [1.54, 1.807) is 17.1 Å². The van der Waals surface area contributed by atoms with Crippen LogP contribution in [0.15, 0.2) is 47.6 Å². The van der Waals surface area contributed by atoms with Crippen molar-refractivity contribution in [3.8, 4) is 0 Å². The van der Waals surface area contributed by atoms with Crippen molar-refractivity contribution in [3.05, 3.63) is 58.4 Å². The summed E-state index contributed by atoms with van der Waals surface area (Å²) in [7, 11) is -4.00. The van der Waals surface area contributed by atoms with Crippen LogP contribution in [0.25, 0.3) is 11.0 Å². The van der Waals surface area contributed by atoms with Gasteiger partial charge in [-0.15, -0.1) is 0 Å². The summed E-state index contributed by atoms with van der Waals surface area (Å²) in [6.07, 6.45) is 1.39. The predicted molar refractivity (Wildman–Crippen MR) is 133 cm³/mol. The van der Waals surface area contributed by atoms with Crippen LogP contribution in [-0.2, 0) is 14.8 Å². The normalized spacial score (nSPS) is 18.9. The number of carbonyl (C=O) groups excluding carboxylic acids is 1. The summed E-state index contributed by atoms with van der Waals surface area (Å²) in [4.78, 5) is 26.9. The zero-order valence-corrected chi connectivity index (χ0v) is 21.2. The fourth-order valence-electron chi connectivity index (χ4n) is 4.66. The van der Waals surface area contributed by atoms with E-state index in [0.29, 0.717) is 13.0 Å². The third-order valence-electron chi connectivity index (χ3n) is 6.19. The number of aromatic nitrogens is 2. The van der Waals surface area contributed by atoms with Gasteiger partial charge < -0.3 is 15.9 Å². The number of hydrogen-bond donors (Lipinski definition) is 2. The number of amides is 1. The van der Waals surface area contributed by atoms with E-state index in [1.165, 1.54) is 24.4 Å². The highest BCUT2D eigenvalue weighted by molar-refractivity contribution is 7.90. The van der Waals surface area contributed by atoms with Crippen molar-refractivity contribution in [1.29, 1.82) is 0 Å². The molecule has 192 valence electrons. The first kappa shape index (κ1) is 25.4. The summed E-state index contributed by atoms with van der Waals surface area (Å²) in [6.45, 7) is 8.12. The molecule has 1 saturated heterocycles. The van der Waals surface area contributed by atoms with Crippen molar-refractivity contribution >= 4 is 38.5 Å². The Kier molecular flexibility index (Phi) is 6.39. The van der Waals surface area contributed by atoms with E-state index in [-0.39, 0.29) is 33.3 Å². The van der Waals surface area contributed by atoms with E-state index in [9.17, 15) is 23.3 Å². The second kappa shape index (κ2) is 9.06. The van der Waals surface area contributed by atoms with Gasteiger partial charge in [-0.05, 0) is 30.5 Å². The van der Waals surface area contributed by atoms with Crippen LogP contribution < -0.4 is 11.2 Å². The van der Waals surface area contributed by atoms with Crippen LogP contribution >= 0.6 is 0 Å². The van der Waals surface area contributed by atoms with Gasteiger partial charge in [0.1, 0.15) is 18.0 Å². The molecule has 0 aliphatic carbocycles. The number of aryl methyl sites for hydroxylation is 1.